The van der Waals surface area contributed by atoms with E-state index in [2.05, 4.69) is 20.2 Å². The van der Waals surface area contributed by atoms with Crippen LogP contribution in [0.2, 0.25) is 0 Å². The lowest BCUT2D eigenvalue weighted by Gasteiger charge is -2.18. The molecule has 0 unspecified atom stereocenters. The Morgan fingerprint density at radius 2 is 2.07 bits per heavy atom. The predicted molar refractivity (Wildman–Crippen MR) is 109 cm³/mol. The van der Waals surface area contributed by atoms with E-state index in [9.17, 15) is 12.8 Å². The molecule has 1 aliphatic rings. The zero-order valence-corrected chi connectivity index (χ0v) is 16.7. The highest BCUT2D eigenvalue weighted by Crippen LogP contribution is 2.32. The highest BCUT2D eigenvalue weighted by atomic mass is 32.2. The molecule has 1 atom stereocenters. The monoisotopic (exact) mass is 414 g/mol. The fraction of sp³-hybridized carbons (Fsp3) is 0.316. The first-order chi connectivity index (χ1) is 13.8. The minimum Gasteiger partial charge on any atom is -0.339 e. The van der Waals surface area contributed by atoms with Gasteiger partial charge < -0.3 is 9.47 Å². The third kappa shape index (κ3) is 2.86. The number of anilines is 1. The minimum atomic E-state index is -3.09. The van der Waals surface area contributed by atoms with Crippen LogP contribution in [0.1, 0.15) is 12.1 Å². The third-order valence-corrected chi connectivity index (χ3v) is 7.14. The SMILES string of the molecule is Cc1nc(N2CC[C@H](S(C)(=O)=O)C2)ncc1-n1c2ccc(F)cc2c2[nH]ncc21. The van der Waals surface area contributed by atoms with Crippen molar-refractivity contribution in [2.24, 2.45) is 0 Å². The van der Waals surface area contributed by atoms with E-state index in [1.165, 1.54) is 18.4 Å². The van der Waals surface area contributed by atoms with E-state index in [0.29, 0.717) is 25.5 Å². The van der Waals surface area contributed by atoms with E-state index >= 15 is 0 Å². The molecule has 29 heavy (non-hydrogen) atoms. The van der Waals surface area contributed by atoms with Crippen molar-refractivity contribution in [1.82, 2.24) is 24.7 Å². The summed E-state index contributed by atoms with van der Waals surface area (Å²) in [5.74, 6) is 0.201. The number of hydrogen-bond acceptors (Lipinski definition) is 6. The number of halogens is 1. The minimum absolute atomic E-state index is 0.316. The fourth-order valence-electron chi connectivity index (χ4n) is 4.02. The molecule has 3 aromatic heterocycles. The molecule has 0 aliphatic carbocycles. The summed E-state index contributed by atoms with van der Waals surface area (Å²) >= 11 is 0. The zero-order valence-electron chi connectivity index (χ0n) is 15.9. The number of H-pyrrole nitrogens is 1. The summed E-state index contributed by atoms with van der Waals surface area (Å²) in [5.41, 5.74) is 3.89. The lowest BCUT2D eigenvalue weighted by atomic mass is 10.2. The Hall–Kier alpha value is -3.01. The highest BCUT2D eigenvalue weighted by molar-refractivity contribution is 7.91. The van der Waals surface area contributed by atoms with Crippen LogP contribution < -0.4 is 4.90 Å². The molecule has 8 nitrogen and oxygen atoms in total. The van der Waals surface area contributed by atoms with Gasteiger partial charge in [-0.05, 0) is 31.5 Å². The van der Waals surface area contributed by atoms with Crippen molar-refractivity contribution in [2.75, 3.05) is 24.2 Å². The van der Waals surface area contributed by atoms with E-state index in [1.54, 1.807) is 18.5 Å². The van der Waals surface area contributed by atoms with Crippen LogP contribution in [0.3, 0.4) is 0 Å². The molecule has 1 N–H and O–H groups in total. The van der Waals surface area contributed by atoms with Crippen LogP contribution in [0, 0.1) is 12.7 Å². The Labute approximate surface area is 166 Å². The number of nitrogens with one attached hydrogen (secondary N) is 1. The average molecular weight is 414 g/mol. The smallest absolute Gasteiger partial charge is 0.225 e. The first-order valence-corrected chi connectivity index (χ1v) is 11.2. The fourth-order valence-corrected chi connectivity index (χ4v) is 5.00. The maximum absolute atomic E-state index is 13.8. The molecule has 0 bridgehead atoms. The Balaban J connectivity index is 1.59. The second-order valence-electron chi connectivity index (χ2n) is 7.45. The molecule has 0 amide bonds. The summed E-state index contributed by atoms with van der Waals surface area (Å²) in [6.07, 6.45) is 5.26. The van der Waals surface area contributed by atoms with Gasteiger partial charge in [0, 0.05) is 24.7 Å². The normalized spacial score (nSPS) is 17.6. The van der Waals surface area contributed by atoms with Gasteiger partial charge in [0.05, 0.1) is 45.6 Å². The molecule has 1 aromatic carbocycles. The third-order valence-electron chi connectivity index (χ3n) is 5.54. The molecule has 10 heteroatoms. The molecule has 0 radical (unpaired) electrons. The standard InChI is InChI=1S/C19H19FN6O2S/c1-11-16(8-21-19(23-11)25-6-5-13(10-25)29(2,27)28)26-15-4-3-12(20)7-14(15)18-17(26)9-22-24-18/h3-4,7-9,13H,5-6,10H2,1-2H3,(H,22,24)/t13-/m0/s1. The molecule has 5 rings (SSSR count). The van der Waals surface area contributed by atoms with Crippen LogP contribution in [0.5, 0.6) is 0 Å². The molecular weight excluding hydrogens is 395 g/mol. The number of benzene rings is 1. The number of aryl methyl sites for hydroxylation is 1. The van der Waals surface area contributed by atoms with Crippen LogP contribution in [0.25, 0.3) is 27.6 Å². The molecular formula is C19H19FN6O2S. The van der Waals surface area contributed by atoms with Gasteiger partial charge in [0.1, 0.15) is 5.82 Å². The van der Waals surface area contributed by atoms with Crippen LogP contribution in [0.15, 0.2) is 30.6 Å². The van der Waals surface area contributed by atoms with E-state index in [0.717, 1.165) is 33.3 Å². The second-order valence-corrected chi connectivity index (χ2v) is 9.78. The van der Waals surface area contributed by atoms with Gasteiger partial charge in [-0.2, -0.15) is 5.10 Å². The van der Waals surface area contributed by atoms with Gasteiger partial charge in [0.15, 0.2) is 9.84 Å². The maximum Gasteiger partial charge on any atom is 0.225 e. The zero-order chi connectivity index (χ0) is 20.3. The van der Waals surface area contributed by atoms with Crippen molar-refractivity contribution < 1.29 is 12.8 Å². The van der Waals surface area contributed by atoms with Gasteiger partial charge in [0.25, 0.3) is 0 Å². The van der Waals surface area contributed by atoms with Crippen molar-refractivity contribution >= 4 is 37.7 Å². The van der Waals surface area contributed by atoms with Crippen LogP contribution in [0.4, 0.5) is 10.3 Å². The van der Waals surface area contributed by atoms with Crippen molar-refractivity contribution in [3.63, 3.8) is 0 Å². The van der Waals surface area contributed by atoms with Crippen LogP contribution in [-0.2, 0) is 9.84 Å². The number of aromatic amines is 1. The second kappa shape index (κ2) is 6.24. The van der Waals surface area contributed by atoms with Gasteiger partial charge in [0.2, 0.25) is 5.95 Å². The number of sulfone groups is 1. The van der Waals surface area contributed by atoms with Gasteiger partial charge in [-0.3, -0.25) is 5.10 Å². The largest absolute Gasteiger partial charge is 0.339 e. The van der Waals surface area contributed by atoms with E-state index < -0.39 is 9.84 Å². The van der Waals surface area contributed by atoms with Crippen LogP contribution in [-0.4, -0.2) is 57.7 Å². The highest BCUT2D eigenvalue weighted by Gasteiger charge is 2.31. The molecule has 1 aliphatic heterocycles. The van der Waals surface area contributed by atoms with Gasteiger partial charge in [-0.1, -0.05) is 0 Å². The Morgan fingerprint density at radius 3 is 2.79 bits per heavy atom. The molecule has 150 valence electrons. The number of hydrogen-bond donors (Lipinski definition) is 1. The number of nitrogens with zero attached hydrogens (tertiary/aromatic N) is 5. The summed E-state index contributed by atoms with van der Waals surface area (Å²) in [7, 11) is -3.09. The van der Waals surface area contributed by atoms with Crippen molar-refractivity contribution in [3.8, 4) is 5.69 Å². The lowest BCUT2D eigenvalue weighted by molar-refractivity contribution is 0.589. The van der Waals surface area contributed by atoms with Gasteiger partial charge in [-0.25, -0.2) is 22.8 Å². The molecule has 0 spiro atoms. The number of rotatable bonds is 3. The first-order valence-electron chi connectivity index (χ1n) is 9.24. The van der Waals surface area contributed by atoms with Crippen molar-refractivity contribution in [2.45, 2.75) is 18.6 Å². The summed E-state index contributed by atoms with van der Waals surface area (Å²) < 4.78 is 39.4. The summed E-state index contributed by atoms with van der Waals surface area (Å²) in [6.45, 7) is 2.88. The van der Waals surface area contributed by atoms with Crippen molar-refractivity contribution in [1.29, 1.82) is 0 Å². The quantitative estimate of drug-likeness (QED) is 0.553. The average Bonchev–Trinajstić information content (AvgIpc) is 3.37. The Bertz CT molecular complexity index is 1360. The van der Waals surface area contributed by atoms with Gasteiger partial charge in [-0.15, -0.1) is 0 Å². The molecule has 4 aromatic rings. The van der Waals surface area contributed by atoms with E-state index in [4.69, 9.17) is 0 Å². The molecule has 0 saturated carbocycles. The van der Waals surface area contributed by atoms with Gasteiger partial charge >= 0.3 is 0 Å². The van der Waals surface area contributed by atoms with Crippen molar-refractivity contribution in [3.05, 3.63) is 42.1 Å². The summed E-state index contributed by atoms with van der Waals surface area (Å²) in [5, 5.41) is 7.37. The number of aromatic nitrogens is 5. The molecule has 4 heterocycles. The maximum atomic E-state index is 13.8. The summed E-state index contributed by atoms with van der Waals surface area (Å²) in [4.78, 5) is 11.0. The number of fused-ring (bicyclic) bond motifs is 3. The Morgan fingerprint density at radius 1 is 1.24 bits per heavy atom. The first kappa shape index (κ1) is 18.0. The molecule has 1 fully saturated rings. The summed E-state index contributed by atoms with van der Waals surface area (Å²) in [6, 6.07) is 4.63. The Kier molecular flexibility index (Phi) is 3.89. The van der Waals surface area contributed by atoms with Crippen LogP contribution >= 0.6 is 0 Å². The predicted octanol–water partition coefficient (Wildman–Crippen LogP) is 2.37. The topological polar surface area (TPSA) is 96.8 Å². The van der Waals surface area contributed by atoms with E-state index in [1.807, 2.05) is 16.4 Å². The lowest BCUT2D eigenvalue weighted by Crippen LogP contribution is -2.27. The van der Waals surface area contributed by atoms with E-state index in [-0.39, 0.29) is 11.1 Å². The molecule has 1 saturated heterocycles.